The van der Waals surface area contributed by atoms with Gasteiger partial charge in [-0.2, -0.15) is 0 Å². The summed E-state index contributed by atoms with van der Waals surface area (Å²) in [4.78, 5) is 14.1. The summed E-state index contributed by atoms with van der Waals surface area (Å²) in [5.74, 6) is 0. The number of hydrogen-bond donors (Lipinski definition) is 1. The second-order valence-corrected chi connectivity index (χ2v) is 5.39. The van der Waals surface area contributed by atoms with Crippen molar-refractivity contribution in [1.29, 1.82) is 0 Å². The predicted octanol–water partition coefficient (Wildman–Crippen LogP) is 2.95. The Balaban J connectivity index is 1.89. The van der Waals surface area contributed by atoms with Crippen LogP contribution in [-0.2, 0) is 11.3 Å². The summed E-state index contributed by atoms with van der Waals surface area (Å²) in [7, 11) is 0. The highest BCUT2D eigenvalue weighted by Crippen LogP contribution is 2.27. The summed E-state index contributed by atoms with van der Waals surface area (Å²) in [6.07, 6.45) is 3.36. The molecule has 0 saturated carbocycles. The van der Waals surface area contributed by atoms with E-state index in [0.29, 0.717) is 6.61 Å². The molecule has 4 heteroatoms. The number of carbonyl (C=O) groups excluding carboxylic acids is 1. The second kappa shape index (κ2) is 7.29. The van der Waals surface area contributed by atoms with Crippen LogP contribution in [0.1, 0.15) is 38.2 Å². The molecule has 2 rings (SSSR count). The van der Waals surface area contributed by atoms with E-state index in [-0.39, 0.29) is 24.8 Å². The molecule has 0 radical (unpaired) electrons. The van der Waals surface area contributed by atoms with Crippen LogP contribution in [0.15, 0.2) is 30.3 Å². The summed E-state index contributed by atoms with van der Waals surface area (Å²) in [5.41, 5.74) is 1.000. The van der Waals surface area contributed by atoms with Gasteiger partial charge in [-0.25, -0.2) is 4.79 Å². The van der Waals surface area contributed by atoms with Gasteiger partial charge in [0.2, 0.25) is 0 Å². The van der Waals surface area contributed by atoms with Crippen molar-refractivity contribution >= 4 is 6.09 Å². The molecule has 20 heavy (non-hydrogen) atoms. The fourth-order valence-electron chi connectivity index (χ4n) is 2.80. The van der Waals surface area contributed by atoms with E-state index in [0.717, 1.165) is 31.2 Å². The number of aliphatic hydroxyl groups is 1. The maximum absolute atomic E-state index is 12.2. The minimum absolute atomic E-state index is 0.178. The lowest BCUT2D eigenvalue weighted by molar-refractivity contribution is 0.0779. The van der Waals surface area contributed by atoms with Crippen molar-refractivity contribution in [1.82, 2.24) is 4.90 Å². The van der Waals surface area contributed by atoms with Crippen LogP contribution in [0.5, 0.6) is 0 Å². The molecular weight excluding hydrogens is 254 g/mol. The van der Waals surface area contributed by atoms with Crippen LogP contribution in [0.4, 0.5) is 4.79 Å². The third kappa shape index (κ3) is 3.73. The van der Waals surface area contributed by atoms with E-state index in [1.54, 1.807) is 0 Å². The molecule has 0 unspecified atom stereocenters. The third-order valence-electron chi connectivity index (χ3n) is 3.90. The predicted molar refractivity (Wildman–Crippen MR) is 77.3 cm³/mol. The van der Waals surface area contributed by atoms with Crippen molar-refractivity contribution < 1.29 is 14.6 Å². The first-order valence-corrected chi connectivity index (χ1v) is 7.32. The van der Waals surface area contributed by atoms with Crippen molar-refractivity contribution in [3.8, 4) is 0 Å². The zero-order valence-electron chi connectivity index (χ0n) is 12.0. The lowest BCUT2D eigenvalue weighted by Crippen LogP contribution is -2.40. The van der Waals surface area contributed by atoms with Gasteiger partial charge in [0.15, 0.2) is 0 Å². The largest absolute Gasteiger partial charge is 0.445 e. The quantitative estimate of drug-likeness (QED) is 0.900. The zero-order chi connectivity index (χ0) is 14.4. The number of aliphatic hydroxyl groups excluding tert-OH is 1. The SMILES string of the molecule is C[C@@H]1CC[C@H](CCCO)N1C(=O)OCc1ccccc1. The first-order valence-electron chi connectivity index (χ1n) is 7.32. The minimum atomic E-state index is -0.234. The summed E-state index contributed by atoms with van der Waals surface area (Å²) >= 11 is 0. The lowest BCUT2D eigenvalue weighted by Gasteiger charge is -2.27. The zero-order valence-corrected chi connectivity index (χ0v) is 12.0. The van der Waals surface area contributed by atoms with E-state index in [9.17, 15) is 4.79 Å². The van der Waals surface area contributed by atoms with Crippen molar-refractivity contribution in [2.24, 2.45) is 0 Å². The van der Waals surface area contributed by atoms with Gasteiger partial charge in [0, 0.05) is 18.7 Å². The maximum atomic E-state index is 12.2. The van der Waals surface area contributed by atoms with Gasteiger partial charge in [0.05, 0.1) is 0 Å². The number of hydrogen-bond acceptors (Lipinski definition) is 3. The Hall–Kier alpha value is -1.55. The molecule has 1 aromatic carbocycles. The molecule has 1 amide bonds. The first-order chi connectivity index (χ1) is 9.72. The molecule has 4 nitrogen and oxygen atoms in total. The Morgan fingerprint density at radius 1 is 1.35 bits per heavy atom. The Morgan fingerprint density at radius 3 is 2.80 bits per heavy atom. The van der Waals surface area contributed by atoms with E-state index >= 15 is 0 Å². The van der Waals surface area contributed by atoms with Crippen LogP contribution < -0.4 is 0 Å². The number of amides is 1. The summed E-state index contributed by atoms with van der Waals surface area (Å²) in [6.45, 7) is 2.55. The van der Waals surface area contributed by atoms with Crippen LogP contribution in [0.3, 0.4) is 0 Å². The van der Waals surface area contributed by atoms with Crippen molar-refractivity contribution in [3.05, 3.63) is 35.9 Å². The smallest absolute Gasteiger partial charge is 0.410 e. The Labute approximate surface area is 120 Å². The van der Waals surface area contributed by atoms with E-state index in [4.69, 9.17) is 9.84 Å². The van der Waals surface area contributed by atoms with Gasteiger partial charge >= 0.3 is 6.09 Å². The molecule has 1 saturated heterocycles. The maximum Gasteiger partial charge on any atom is 0.410 e. The highest BCUT2D eigenvalue weighted by molar-refractivity contribution is 5.69. The molecule has 0 bridgehead atoms. The van der Waals surface area contributed by atoms with E-state index in [1.165, 1.54) is 0 Å². The van der Waals surface area contributed by atoms with E-state index in [2.05, 4.69) is 6.92 Å². The number of rotatable bonds is 5. The van der Waals surface area contributed by atoms with Crippen LogP contribution in [-0.4, -0.2) is 34.8 Å². The standard InChI is InChI=1S/C16H23NO3/c1-13-9-10-15(8-5-11-18)17(13)16(19)20-12-14-6-3-2-4-7-14/h2-4,6-7,13,15,18H,5,8-12H2,1H3/t13-,15+/m1/s1. The third-order valence-corrected chi connectivity index (χ3v) is 3.90. The molecule has 1 aromatic rings. The van der Waals surface area contributed by atoms with Gasteiger partial charge < -0.3 is 14.7 Å². The molecule has 1 fully saturated rings. The molecule has 110 valence electrons. The van der Waals surface area contributed by atoms with Crippen LogP contribution in [0, 0.1) is 0 Å². The average Bonchev–Trinajstić information content (AvgIpc) is 2.84. The van der Waals surface area contributed by atoms with Crippen molar-refractivity contribution in [2.45, 2.75) is 51.3 Å². The summed E-state index contributed by atoms with van der Waals surface area (Å²) in [6, 6.07) is 10.1. The Morgan fingerprint density at radius 2 is 2.10 bits per heavy atom. The van der Waals surface area contributed by atoms with Crippen LogP contribution >= 0.6 is 0 Å². The second-order valence-electron chi connectivity index (χ2n) is 5.39. The van der Waals surface area contributed by atoms with Crippen molar-refractivity contribution in [2.75, 3.05) is 6.61 Å². The van der Waals surface area contributed by atoms with Gasteiger partial charge in [-0.15, -0.1) is 0 Å². The fraction of sp³-hybridized carbons (Fsp3) is 0.562. The molecule has 0 spiro atoms. The van der Waals surface area contributed by atoms with Gasteiger partial charge in [-0.05, 0) is 38.2 Å². The molecule has 1 N–H and O–H groups in total. The topological polar surface area (TPSA) is 49.8 Å². The molecule has 1 heterocycles. The van der Waals surface area contributed by atoms with Crippen LogP contribution in [0.25, 0.3) is 0 Å². The Bertz CT molecular complexity index is 421. The normalized spacial score (nSPS) is 22.0. The lowest BCUT2D eigenvalue weighted by atomic mass is 10.1. The molecule has 0 aromatic heterocycles. The number of benzene rings is 1. The number of ether oxygens (including phenoxy) is 1. The molecule has 1 aliphatic rings. The van der Waals surface area contributed by atoms with Crippen molar-refractivity contribution in [3.63, 3.8) is 0 Å². The summed E-state index contributed by atoms with van der Waals surface area (Å²) < 4.78 is 5.42. The van der Waals surface area contributed by atoms with Gasteiger partial charge in [0.1, 0.15) is 6.61 Å². The molecule has 2 atom stereocenters. The molecule has 0 aliphatic carbocycles. The van der Waals surface area contributed by atoms with E-state index < -0.39 is 0 Å². The van der Waals surface area contributed by atoms with Crippen LogP contribution in [0.2, 0.25) is 0 Å². The first kappa shape index (κ1) is 14.9. The van der Waals surface area contributed by atoms with Gasteiger partial charge in [0.25, 0.3) is 0 Å². The minimum Gasteiger partial charge on any atom is -0.445 e. The number of likely N-dealkylation sites (tertiary alicyclic amines) is 1. The Kier molecular flexibility index (Phi) is 5.41. The number of carbonyl (C=O) groups is 1. The highest BCUT2D eigenvalue weighted by Gasteiger charge is 2.34. The molecule has 1 aliphatic heterocycles. The van der Waals surface area contributed by atoms with Gasteiger partial charge in [-0.3, -0.25) is 0 Å². The van der Waals surface area contributed by atoms with Gasteiger partial charge in [-0.1, -0.05) is 30.3 Å². The average molecular weight is 277 g/mol. The number of nitrogens with zero attached hydrogens (tertiary/aromatic N) is 1. The summed E-state index contributed by atoms with van der Waals surface area (Å²) in [5, 5.41) is 8.93. The highest BCUT2D eigenvalue weighted by atomic mass is 16.6. The molecular formula is C16H23NO3. The monoisotopic (exact) mass is 277 g/mol. The fourth-order valence-corrected chi connectivity index (χ4v) is 2.80. The van der Waals surface area contributed by atoms with E-state index in [1.807, 2.05) is 35.2 Å².